The van der Waals surface area contributed by atoms with Gasteiger partial charge in [-0.25, -0.2) is 19.2 Å². The van der Waals surface area contributed by atoms with Crippen molar-refractivity contribution < 1.29 is 13.7 Å². The summed E-state index contributed by atoms with van der Waals surface area (Å²) in [5.41, 5.74) is 6.63. The van der Waals surface area contributed by atoms with Crippen LogP contribution >= 0.6 is 0 Å². The summed E-state index contributed by atoms with van der Waals surface area (Å²) in [4.78, 5) is 27.6. The number of nitrogens with one attached hydrogen (secondary N) is 1. The molecule has 1 fully saturated rings. The Morgan fingerprint density at radius 3 is 2.77 bits per heavy atom. The van der Waals surface area contributed by atoms with Crippen molar-refractivity contribution in [1.29, 1.82) is 0 Å². The zero-order chi connectivity index (χ0) is 21.9. The van der Waals surface area contributed by atoms with Crippen molar-refractivity contribution >= 4 is 33.1 Å². The number of rotatable bonds is 5. The standard InChI is InChI=1S/C19H27N7O3S/c1-5-21-19(27)14-8-13(9-15(20)22-14)18-23-16(25-30(3,4)28)10-17(24-18)26-6-7-29-11-12(26)2/h8-10,12H,5-7,11H2,1-4H3,(H2,20,22)(H,21,27). The average Bonchev–Trinajstić information content (AvgIpc) is 2.66. The first-order chi connectivity index (χ1) is 14.2. The summed E-state index contributed by atoms with van der Waals surface area (Å²) in [6.45, 7) is 6.15. The van der Waals surface area contributed by atoms with Crippen LogP contribution in [-0.2, 0) is 14.5 Å². The van der Waals surface area contributed by atoms with Gasteiger partial charge in [0, 0.05) is 47.0 Å². The van der Waals surface area contributed by atoms with E-state index < -0.39 is 9.73 Å². The Hall–Kier alpha value is -2.79. The minimum absolute atomic E-state index is 0.107. The van der Waals surface area contributed by atoms with Crippen LogP contribution in [0, 0.1) is 0 Å². The molecule has 0 aromatic carbocycles. The molecule has 11 heteroatoms. The molecule has 0 aliphatic carbocycles. The summed E-state index contributed by atoms with van der Waals surface area (Å²) >= 11 is 0. The Morgan fingerprint density at radius 1 is 1.33 bits per heavy atom. The zero-order valence-corrected chi connectivity index (χ0v) is 18.4. The number of nitrogen functional groups attached to an aromatic ring is 1. The molecule has 10 nitrogen and oxygen atoms in total. The molecule has 1 atom stereocenters. The largest absolute Gasteiger partial charge is 0.384 e. The number of nitrogens with zero attached hydrogens (tertiary/aromatic N) is 5. The van der Waals surface area contributed by atoms with Gasteiger partial charge < -0.3 is 20.7 Å². The highest BCUT2D eigenvalue weighted by atomic mass is 32.2. The topological polar surface area (TPSA) is 136 Å². The molecule has 0 radical (unpaired) electrons. The van der Waals surface area contributed by atoms with Crippen LogP contribution in [0.1, 0.15) is 24.3 Å². The molecule has 162 valence electrons. The quantitative estimate of drug-likeness (QED) is 0.723. The van der Waals surface area contributed by atoms with E-state index in [1.54, 1.807) is 30.7 Å². The molecule has 1 saturated heterocycles. The molecule has 2 aromatic rings. The number of carbonyl (C=O) groups is 1. The maximum atomic E-state index is 12.3. The van der Waals surface area contributed by atoms with Gasteiger partial charge in [0.05, 0.1) is 19.3 Å². The molecular formula is C19H27N7O3S. The number of morpholine rings is 1. The third kappa shape index (κ3) is 5.42. The minimum Gasteiger partial charge on any atom is -0.384 e. The van der Waals surface area contributed by atoms with Crippen LogP contribution in [0.5, 0.6) is 0 Å². The highest BCUT2D eigenvalue weighted by molar-refractivity contribution is 7.92. The van der Waals surface area contributed by atoms with Crippen molar-refractivity contribution in [2.75, 3.05) is 49.4 Å². The first-order valence-corrected chi connectivity index (χ1v) is 12.0. The molecule has 3 N–H and O–H groups in total. The van der Waals surface area contributed by atoms with Crippen molar-refractivity contribution in [3.63, 3.8) is 0 Å². The van der Waals surface area contributed by atoms with Gasteiger partial charge in [-0.05, 0) is 26.0 Å². The Morgan fingerprint density at radius 2 is 2.10 bits per heavy atom. The molecule has 2 aromatic heterocycles. The number of amides is 1. The average molecular weight is 434 g/mol. The second-order valence-corrected chi connectivity index (χ2v) is 9.87. The highest BCUT2D eigenvalue weighted by Gasteiger charge is 2.22. The second-order valence-electron chi connectivity index (χ2n) is 7.32. The fourth-order valence-corrected chi connectivity index (χ4v) is 3.63. The van der Waals surface area contributed by atoms with Gasteiger partial charge >= 0.3 is 0 Å². The number of anilines is 2. The number of carbonyl (C=O) groups excluding carboxylic acids is 1. The van der Waals surface area contributed by atoms with Crippen molar-refractivity contribution in [2.45, 2.75) is 19.9 Å². The normalized spacial score (nSPS) is 16.9. The Labute approximate surface area is 176 Å². The molecule has 1 amide bonds. The monoisotopic (exact) mass is 433 g/mol. The molecule has 1 aliphatic rings. The van der Waals surface area contributed by atoms with Crippen LogP contribution in [-0.4, -0.2) is 69.9 Å². The summed E-state index contributed by atoms with van der Waals surface area (Å²) in [7, 11) is -2.43. The molecule has 1 unspecified atom stereocenters. The van der Waals surface area contributed by atoms with Gasteiger partial charge in [-0.1, -0.05) is 0 Å². The summed E-state index contributed by atoms with van der Waals surface area (Å²) < 4.78 is 22.1. The van der Waals surface area contributed by atoms with Gasteiger partial charge in [0.1, 0.15) is 17.3 Å². The van der Waals surface area contributed by atoms with E-state index in [0.717, 1.165) is 0 Å². The van der Waals surface area contributed by atoms with Crippen LogP contribution in [0.3, 0.4) is 0 Å². The maximum Gasteiger partial charge on any atom is 0.269 e. The lowest BCUT2D eigenvalue weighted by atomic mass is 10.2. The van der Waals surface area contributed by atoms with Gasteiger partial charge in [0.15, 0.2) is 11.6 Å². The third-order valence-electron chi connectivity index (χ3n) is 4.35. The van der Waals surface area contributed by atoms with Crippen molar-refractivity contribution in [2.24, 2.45) is 4.36 Å². The lowest BCUT2D eigenvalue weighted by molar-refractivity contribution is 0.0951. The van der Waals surface area contributed by atoms with E-state index in [4.69, 9.17) is 10.5 Å². The number of ether oxygens (including phenoxy) is 1. The smallest absolute Gasteiger partial charge is 0.269 e. The van der Waals surface area contributed by atoms with Crippen molar-refractivity contribution in [3.8, 4) is 11.4 Å². The van der Waals surface area contributed by atoms with Crippen LogP contribution < -0.4 is 16.0 Å². The van der Waals surface area contributed by atoms with E-state index in [9.17, 15) is 9.00 Å². The van der Waals surface area contributed by atoms with Crippen LogP contribution in [0.15, 0.2) is 22.6 Å². The van der Waals surface area contributed by atoms with Crippen LogP contribution in [0.2, 0.25) is 0 Å². The Bertz CT molecular complexity index is 1060. The predicted molar refractivity (Wildman–Crippen MR) is 117 cm³/mol. The van der Waals surface area contributed by atoms with E-state index in [1.807, 2.05) is 13.8 Å². The fourth-order valence-electron chi connectivity index (χ4n) is 3.09. The first kappa shape index (κ1) is 21.9. The predicted octanol–water partition coefficient (Wildman–Crippen LogP) is 1.45. The maximum absolute atomic E-state index is 12.3. The SMILES string of the molecule is CCNC(=O)c1cc(-c2nc(N=S(C)(C)=O)cc(N3CCOCC3C)n2)cc(N)n1. The summed E-state index contributed by atoms with van der Waals surface area (Å²) in [5, 5.41) is 2.70. The van der Waals surface area contributed by atoms with Crippen LogP contribution in [0.25, 0.3) is 11.4 Å². The third-order valence-corrected chi connectivity index (χ3v) is 4.97. The first-order valence-electron chi connectivity index (χ1n) is 9.63. The summed E-state index contributed by atoms with van der Waals surface area (Å²) in [6, 6.07) is 5.01. The molecule has 0 saturated carbocycles. The number of nitrogens with two attached hydrogens (primary N) is 1. The van der Waals surface area contributed by atoms with Crippen molar-refractivity contribution in [3.05, 3.63) is 23.9 Å². The van der Waals surface area contributed by atoms with E-state index in [-0.39, 0.29) is 23.5 Å². The molecule has 30 heavy (non-hydrogen) atoms. The molecule has 0 bridgehead atoms. The summed E-state index contributed by atoms with van der Waals surface area (Å²) in [5.74, 6) is 1.12. The zero-order valence-electron chi connectivity index (χ0n) is 17.6. The van der Waals surface area contributed by atoms with E-state index in [2.05, 4.69) is 29.5 Å². The van der Waals surface area contributed by atoms with E-state index >= 15 is 0 Å². The number of aromatic nitrogens is 3. The van der Waals surface area contributed by atoms with E-state index in [1.165, 1.54) is 0 Å². The highest BCUT2D eigenvalue weighted by Crippen LogP contribution is 2.27. The van der Waals surface area contributed by atoms with Gasteiger partial charge in [-0.15, -0.1) is 0 Å². The molecule has 3 rings (SSSR count). The number of pyridine rings is 1. The van der Waals surface area contributed by atoms with Gasteiger partial charge in [0.25, 0.3) is 5.91 Å². The van der Waals surface area contributed by atoms with Gasteiger partial charge in [-0.2, -0.15) is 4.36 Å². The fraction of sp³-hybridized carbons (Fsp3) is 0.474. The van der Waals surface area contributed by atoms with E-state index in [0.29, 0.717) is 49.3 Å². The van der Waals surface area contributed by atoms with Gasteiger partial charge in [-0.3, -0.25) is 4.79 Å². The Balaban J connectivity index is 2.14. The lowest BCUT2D eigenvalue weighted by Gasteiger charge is -2.34. The van der Waals surface area contributed by atoms with Crippen LogP contribution in [0.4, 0.5) is 17.5 Å². The number of hydrogen-bond donors (Lipinski definition) is 2. The van der Waals surface area contributed by atoms with Gasteiger partial charge in [0.2, 0.25) is 0 Å². The Kier molecular flexibility index (Phi) is 6.52. The summed E-state index contributed by atoms with van der Waals surface area (Å²) in [6.07, 6.45) is 3.09. The molecule has 1 aliphatic heterocycles. The lowest BCUT2D eigenvalue weighted by Crippen LogP contribution is -2.44. The second kappa shape index (κ2) is 8.92. The van der Waals surface area contributed by atoms with Crippen molar-refractivity contribution in [1.82, 2.24) is 20.3 Å². The molecular weight excluding hydrogens is 406 g/mol. The molecule has 3 heterocycles. The molecule has 0 spiro atoms. The minimum atomic E-state index is -2.43. The number of hydrogen-bond acceptors (Lipinski definition) is 9.